The van der Waals surface area contributed by atoms with Crippen LogP contribution < -0.4 is 11.1 Å². The average Bonchev–Trinajstić information content (AvgIpc) is 2.94. The molecular formula is C14H19N5O2. The minimum Gasteiger partial charge on any atom is -0.356 e. The summed E-state index contributed by atoms with van der Waals surface area (Å²) in [5.41, 5.74) is 6.18. The Morgan fingerprint density at radius 2 is 2.29 bits per heavy atom. The maximum atomic E-state index is 11.7. The minimum atomic E-state index is -0.283. The molecule has 1 aliphatic heterocycles. The van der Waals surface area contributed by atoms with E-state index in [1.54, 1.807) is 35.3 Å². The third-order valence-electron chi connectivity index (χ3n) is 3.25. The van der Waals surface area contributed by atoms with Gasteiger partial charge in [0.1, 0.15) is 0 Å². The van der Waals surface area contributed by atoms with E-state index in [1.807, 2.05) is 0 Å². The number of rotatable bonds is 2. The van der Waals surface area contributed by atoms with Crippen molar-refractivity contribution in [3.8, 4) is 0 Å². The lowest BCUT2D eigenvalue weighted by atomic mass is 9.99. The topological polar surface area (TPSA) is 103 Å². The SMILES string of the molecule is NCC(=O)C1/C=C/C=C\n2cc(nn2)CCC(=O)NCC1. The zero-order valence-electron chi connectivity index (χ0n) is 11.7. The fraction of sp³-hybridized carbons (Fsp3) is 0.429. The van der Waals surface area contributed by atoms with Crippen LogP contribution >= 0.6 is 0 Å². The summed E-state index contributed by atoms with van der Waals surface area (Å²) in [6.07, 6.45) is 10.3. The Kier molecular flexibility index (Phi) is 5.39. The predicted octanol–water partition coefficient (Wildman–Crippen LogP) is -0.0985. The van der Waals surface area contributed by atoms with Crippen LogP contribution in [0.15, 0.2) is 24.4 Å². The lowest BCUT2D eigenvalue weighted by Crippen LogP contribution is -2.29. The number of ketones is 1. The molecule has 0 aliphatic carbocycles. The molecular weight excluding hydrogens is 270 g/mol. The lowest BCUT2D eigenvalue weighted by Gasteiger charge is -2.11. The van der Waals surface area contributed by atoms with Gasteiger partial charge in [-0.05, 0) is 12.5 Å². The van der Waals surface area contributed by atoms with Crippen LogP contribution in [0, 0.1) is 5.92 Å². The first-order valence-corrected chi connectivity index (χ1v) is 6.94. The average molecular weight is 289 g/mol. The number of carbonyl (C=O) groups is 2. The largest absolute Gasteiger partial charge is 0.356 e. The minimum absolute atomic E-state index is 0.000889. The Bertz CT molecular complexity index is 561. The second-order valence-electron chi connectivity index (χ2n) is 4.83. The van der Waals surface area contributed by atoms with Crippen LogP contribution in [-0.2, 0) is 16.0 Å². The number of Topliss-reactive ketones (excluding diaryl/α,β-unsaturated/α-hetero) is 1. The summed E-state index contributed by atoms with van der Waals surface area (Å²) in [5, 5.41) is 10.7. The Morgan fingerprint density at radius 1 is 1.43 bits per heavy atom. The molecule has 112 valence electrons. The molecule has 7 nitrogen and oxygen atoms in total. The van der Waals surface area contributed by atoms with E-state index < -0.39 is 0 Å². The van der Waals surface area contributed by atoms with Crippen molar-refractivity contribution in [3.05, 3.63) is 30.1 Å². The van der Waals surface area contributed by atoms with Gasteiger partial charge in [0.05, 0.1) is 18.4 Å². The van der Waals surface area contributed by atoms with Gasteiger partial charge in [0.25, 0.3) is 0 Å². The van der Waals surface area contributed by atoms with Gasteiger partial charge in [-0.15, -0.1) is 5.10 Å². The zero-order valence-corrected chi connectivity index (χ0v) is 11.7. The third-order valence-corrected chi connectivity index (χ3v) is 3.25. The summed E-state index contributed by atoms with van der Waals surface area (Å²) in [7, 11) is 0. The normalized spacial score (nSPS) is 22.9. The number of nitrogens with one attached hydrogen (secondary N) is 1. The van der Waals surface area contributed by atoms with Crippen LogP contribution in [0.1, 0.15) is 18.5 Å². The Morgan fingerprint density at radius 3 is 3.10 bits per heavy atom. The summed E-state index contributed by atoms with van der Waals surface area (Å²) in [4.78, 5) is 23.5. The summed E-state index contributed by atoms with van der Waals surface area (Å²) >= 11 is 0. The van der Waals surface area contributed by atoms with E-state index in [-0.39, 0.29) is 24.2 Å². The molecule has 0 spiro atoms. The van der Waals surface area contributed by atoms with Crippen molar-refractivity contribution >= 4 is 17.9 Å². The van der Waals surface area contributed by atoms with Crippen LogP contribution in [0.25, 0.3) is 6.20 Å². The van der Waals surface area contributed by atoms with Gasteiger partial charge in [-0.3, -0.25) is 9.59 Å². The molecule has 0 saturated carbocycles. The van der Waals surface area contributed by atoms with E-state index >= 15 is 0 Å². The molecule has 0 aromatic carbocycles. The first-order chi connectivity index (χ1) is 10.2. The van der Waals surface area contributed by atoms with Crippen molar-refractivity contribution in [1.82, 2.24) is 20.3 Å². The van der Waals surface area contributed by atoms with Crippen LogP contribution in [-0.4, -0.2) is 39.8 Å². The molecule has 1 aliphatic rings. The molecule has 2 heterocycles. The summed E-state index contributed by atoms with van der Waals surface area (Å²) in [6.45, 7) is 0.453. The fourth-order valence-electron chi connectivity index (χ4n) is 2.05. The Balaban J connectivity index is 2.14. The van der Waals surface area contributed by atoms with Crippen molar-refractivity contribution in [2.45, 2.75) is 19.3 Å². The van der Waals surface area contributed by atoms with E-state index in [0.717, 1.165) is 5.69 Å². The summed E-state index contributed by atoms with van der Waals surface area (Å²) < 4.78 is 1.57. The van der Waals surface area contributed by atoms with Gasteiger partial charge >= 0.3 is 0 Å². The van der Waals surface area contributed by atoms with E-state index in [1.165, 1.54) is 0 Å². The van der Waals surface area contributed by atoms with Gasteiger partial charge in [-0.2, -0.15) is 0 Å². The molecule has 1 amide bonds. The molecule has 2 rings (SSSR count). The second kappa shape index (κ2) is 7.49. The smallest absolute Gasteiger partial charge is 0.220 e. The molecule has 1 aromatic rings. The maximum Gasteiger partial charge on any atom is 0.220 e. The van der Waals surface area contributed by atoms with Gasteiger partial charge in [-0.1, -0.05) is 17.4 Å². The second-order valence-corrected chi connectivity index (χ2v) is 4.83. The number of aromatic nitrogens is 3. The molecule has 0 radical (unpaired) electrons. The van der Waals surface area contributed by atoms with Crippen molar-refractivity contribution < 1.29 is 9.59 Å². The van der Waals surface area contributed by atoms with E-state index in [4.69, 9.17) is 5.73 Å². The van der Waals surface area contributed by atoms with Gasteiger partial charge in [0.15, 0.2) is 5.78 Å². The number of amides is 1. The van der Waals surface area contributed by atoms with Gasteiger partial charge in [0, 0.05) is 31.5 Å². The summed E-state index contributed by atoms with van der Waals surface area (Å²) in [6, 6.07) is 0. The number of aryl methyl sites for hydroxylation is 1. The van der Waals surface area contributed by atoms with Crippen LogP contribution in [0.3, 0.4) is 0 Å². The van der Waals surface area contributed by atoms with Crippen molar-refractivity contribution in [2.75, 3.05) is 13.1 Å². The van der Waals surface area contributed by atoms with Crippen molar-refractivity contribution in [2.24, 2.45) is 11.7 Å². The molecule has 1 unspecified atom stereocenters. The summed E-state index contributed by atoms with van der Waals surface area (Å²) in [5.74, 6) is -0.377. The number of fused-ring (bicyclic) bond motifs is 2. The highest BCUT2D eigenvalue weighted by Gasteiger charge is 2.14. The van der Waals surface area contributed by atoms with Gasteiger partial charge in [-0.25, -0.2) is 4.68 Å². The van der Waals surface area contributed by atoms with Gasteiger partial charge < -0.3 is 11.1 Å². The van der Waals surface area contributed by atoms with Crippen LogP contribution in [0.2, 0.25) is 0 Å². The predicted molar refractivity (Wildman–Crippen MR) is 78.0 cm³/mol. The van der Waals surface area contributed by atoms with Crippen molar-refractivity contribution in [3.63, 3.8) is 0 Å². The van der Waals surface area contributed by atoms with E-state index in [9.17, 15) is 9.59 Å². The number of hydrogen-bond acceptors (Lipinski definition) is 5. The molecule has 0 fully saturated rings. The van der Waals surface area contributed by atoms with Gasteiger partial charge in [0.2, 0.25) is 5.91 Å². The number of hydrogen-bond donors (Lipinski definition) is 2. The molecule has 1 aromatic heterocycles. The highest BCUT2D eigenvalue weighted by Crippen LogP contribution is 2.07. The molecule has 3 N–H and O–H groups in total. The Labute approximate surface area is 122 Å². The maximum absolute atomic E-state index is 11.7. The lowest BCUT2D eigenvalue weighted by molar-refractivity contribution is -0.122. The standard InChI is InChI=1S/C14H19N5O2/c15-9-13(20)11-3-1-2-8-19-10-12(17-18-19)4-5-14(21)16-7-6-11/h1-3,8,10-11H,4-7,9,15H2,(H,16,21)/b3-1+,8-2-. The molecule has 7 heteroatoms. The molecule has 0 saturated heterocycles. The monoisotopic (exact) mass is 289 g/mol. The first kappa shape index (κ1) is 15.1. The van der Waals surface area contributed by atoms with E-state index in [0.29, 0.717) is 25.8 Å². The fourth-order valence-corrected chi connectivity index (χ4v) is 2.05. The number of allylic oxidation sites excluding steroid dienone is 3. The Hall–Kier alpha value is -2.28. The molecule has 2 bridgehead atoms. The first-order valence-electron chi connectivity index (χ1n) is 6.94. The van der Waals surface area contributed by atoms with E-state index in [2.05, 4.69) is 15.6 Å². The van der Waals surface area contributed by atoms with Crippen LogP contribution in [0.5, 0.6) is 0 Å². The van der Waals surface area contributed by atoms with Crippen LogP contribution in [0.4, 0.5) is 0 Å². The molecule has 21 heavy (non-hydrogen) atoms. The highest BCUT2D eigenvalue weighted by molar-refractivity contribution is 5.84. The number of nitrogens with zero attached hydrogens (tertiary/aromatic N) is 3. The number of carbonyl (C=O) groups excluding carboxylic acids is 2. The quantitative estimate of drug-likeness (QED) is 0.791. The third kappa shape index (κ3) is 4.64. The highest BCUT2D eigenvalue weighted by atomic mass is 16.1. The molecule has 1 atom stereocenters. The van der Waals surface area contributed by atoms with Crippen molar-refractivity contribution in [1.29, 1.82) is 0 Å². The number of nitrogens with two attached hydrogens (primary N) is 1. The zero-order chi connectivity index (χ0) is 15.1.